The van der Waals surface area contributed by atoms with Crippen molar-refractivity contribution in [1.82, 2.24) is 10.6 Å². The lowest BCUT2D eigenvalue weighted by Crippen LogP contribution is -2.39. The van der Waals surface area contributed by atoms with E-state index in [9.17, 15) is 5.11 Å². The Morgan fingerprint density at radius 3 is 2.30 bits per heavy atom. The zero-order chi connectivity index (χ0) is 19.6. The number of aliphatic hydroxyl groups is 1. The van der Waals surface area contributed by atoms with Gasteiger partial charge >= 0.3 is 0 Å². The highest BCUT2D eigenvalue weighted by Gasteiger charge is 2.12. The quantitative estimate of drug-likeness (QED) is 0.452. The molecular formula is C20H29N3O3S. The van der Waals surface area contributed by atoms with E-state index in [-0.39, 0.29) is 0 Å². The van der Waals surface area contributed by atoms with Crippen LogP contribution in [0.2, 0.25) is 0 Å². The molecule has 27 heavy (non-hydrogen) atoms. The third kappa shape index (κ3) is 6.45. The van der Waals surface area contributed by atoms with Crippen molar-refractivity contribution in [3.05, 3.63) is 45.6 Å². The van der Waals surface area contributed by atoms with Crippen molar-refractivity contribution in [3.8, 4) is 11.5 Å². The maximum absolute atomic E-state index is 10.5. The molecule has 0 spiro atoms. The van der Waals surface area contributed by atoms with Crippen molar-refractivity contribution in [3.63, 3.8) is 0 Å². The van der Waals surface area contributed by atoms with Gasteiger partial charge in [-0.2, -0.15) is 0 Å². The number of aliphatic imine (C=N–C) groups is 1. The number of aryl methyl sites for hydroxylation is 1. The number of hydrogen-bond donors (Lipinski definition) is 3. The highest BCUT2D eigenvalue weighted by molar-refractivity contribution is 7.11. The fourth-order valence-electron chi connectivity index (χ4n) is 2.53. The normalized spacial score (nSPS) is 12.6. The molecule has 2 rings (SSSR count). The summed E-state index contributed by atoms with van der Waals surface area (Å²) < 4.78 is 10.5. The molecule has 1 atom stereocenters. The lowest BCUT2D eigenvalue weighted by Gasteiger charge is -2.17. The molecule has 148 valence electrons. The van der Waals surface area contributed by atoms with Gasteiger partial charge in [-0.05, 0) is 43.2 Å². The van der Waals surface area contributed by atoms with Crippen LogP contribution < -0.4 is 20.1 Å². The summed E-state index contributed by atoms with van der Waals surface area (Å²) in [6, 6.07) is 9.65. The molecule has 0 aliphatic rings. The highest BCUT2D eigenvalue weighted by atomic mass is 32.1. The van der Waals surface area contributed by atoms with Gasteiger partial charge in [0.1, 0.15) is 11.5 Å². The van der Waals surface area contributed by atoms with E-state index in [1.54, 1.807) is 43.8 Å². The summed E-state index contributed by atoms with van der Waals surface area (Å²) in [6.45, 7) is 5.86. The first-order chi connectivity index (χ1) is 13.1. The first kappa shape index (κ1) is 21.1. The van der Waals surface area contributed by atoms with Gasteiger partial charge in [-0.1, -0.05) is 6.92 Å². The van der Waals surface area contributed by atoms with E-state index in [0.717, 1.165) is 18.5 Å². The Kier molecular flexibility index (Phi) is 8.42. The minimum absolute atomic E-state index is 0.326. The van der Waals surface area contributed by atoms with Gasteiger partial charge in [0.15, 0.2) is 5.96 Å². The molecule has 0 aliphatic carbocycles. The van der Waals surface area contributed by atoms with Crippen molar-refractivity contribution in [1.29, 1.82) is 0 Å². The van der Waals surface area contributed by atoms with Crippen molar-refractivity contribution < 1.29 is 14.6 Å². The van der Waals surface area contributed by atoms with Gasteiger partial charge in [0.25, 0.3) is 0 Å². The smallest absolute Gasteiger partial charge is 0.191 e. The average Bonchev–Trinajstić information content (AvgIpc) is 3.17. The molecule has 0 bridgehead atoms. The third-order valence-corrected chi connectivity index (χ3v) is 5.24. The van der Waals surface area contributed by atoms with Crippen LogP contribution in [-0.4, -0.2) is 38.4 Å². The monoisotopic (exact) mass is 391 g/mol. The zero-order valence-corrected chi connectivity index (χ0v) is 17.2. The van der Waals surface area contributed by atoms with Gasteiger partial charge in [0.2, 0.25) is 0 Å². The van der Waals surface area contributed by atoms with Crippen LogP contribution in [-0.2, 0) is 13.0 Å². The number of thiophene rings is 1. The lowest BCUT2D eigenvalue weighted by atomic mass is 10.1. The van der Waals surface area contributed by atoms with Crippen LogP contribution in [0.5, 0.6) is 11.5 Å². The average molecular weight is 392 g/mol. The standard InChI is InChI=1S/C20H29N3O3S/c1-5-17-7-8-18(27-17)12-22-20(21-6-2)23-13-19(24)14-9-15(25-3)11-16(10-14)26-4/h7-11,19,24H,5-6,12-13H2,1-4H3,(H2,21,22,23). The maximum atomic E-state index is 10.5. The first-order valence-corrected chi connectivity index (χ1v) is 9.92. The van der Waals surface area contributed by atoms with Crippen LogP contribution in [0.25, 0.3) is 0 Å². The molecule has 6 nitrogen and oxygen atoms in total. The van der Waals surface area contributed by atoms with Crippen LogP contribution in [0.4, 0.5) is 0 Å². The van der Waals surface area contributed by atoms with Gasteiger partial charge in [-0.25, -0.2) is 4.99 Å². The number of guanidine groups is 1. The summed E-state index contributed by atoms with van der Waals surface area (Å²) in [5, 5.41) is 16.9. The van der Waals surface area contributed by atoms with Gasteiger partial charge in [-0.3, -0.25) is 0 Å². The summed E-state index contributed by atoms with van der Waals surface area (Å²) in [6.07, 6.45) is 0.328. The zero-order valence-electron chi connectivity index (χ0n) is 16.4. The largest absolute Gasteiger partial charge is 0.497 e. The molecule has 3 N–H and O–H groups in total. The summed E-state index contributed by atoms with van der Waals surface area (Å²) >= 11 is 1.78. The Morgan fingerprint density at radius 1 is 1.07 bits per heavy atom. The number of nitrogens with one attached hydrogen (secondary N) is 2. The lowest BCUT2D eigenvalue weighted by molar-refractivity contribution is 0.180. The van der Waals surface area contributed by atoms with Gasteiger partial charge < -0.3 is 25.2 Å². The second-order valence-corrected chi connectivity index (χ2v) is 7.21. The Labute approximate surface area is 165 Å². The number of nitrogens with zero attached hydrogens (tertiary/aromatic N) is 1. The summed E-state index contributed by atoms with van der Waals surface area (Å²) in [7, 11) is 3.18. The van der Waals surface area contributed by atoms with Crippen molar-refractivity contribution in [2.45, 2.75) is 32.9 Å². The Morgan fingerprint density at radius 2 is 1.74 bits per heavy atom. The predicted molar refractivity (Wildman–Crippen MR) is 111 cm³/mol. The van der Waals surface area contributed by atoms with Crippen LogP contribution >= 0.6 is 11.3 Å². The number of hydrogen-bond acceptors (Lipinski definition) is 5. The molecule has 1 unspecified atom stereocenters. The molecule has 7 heteroatoms. The number of aliphatic hydroxyl groups excluding tert-OH is 1. The van der Waals surface area contributed by atoms with Gasteiger partial charge in [0.05, 0.1) is 26.9 Å². The van der Waals surface area contributed by atoms with Crippen molar-refractivity contribution in [2.24, 2.45) is 4.99 Å². The molecule has 1 aromatic carbocycles. The Balaban J connectivity index is 2.00. The van der Waals surface area contributed by atoms with E-state index < -0.39 is 6.10 Å². The first-order valence-electron chi connectivity index (χ1n) is 9.10. The highest BCUT2D eigenvalue weighted by Crippen LogP contribution is 2.26. The van der Waals surface area contributed by atoms with E-state index in [2.05, 4.69) is 34.7 Å². The molecule has 0 amide bonds. The molecule has 0 saturated carbocycles. The summed E-state index contributed by atoms with van der Waals surface area (Å²) in [5.41, 5.74) is 0.723. The molecule has 1 aromatic heterocycles. The second kappa shape index (κ2) is 10.8. The Hall–Kier alpha value is -2.25. The summed E-state index contributed by atoms with van der Waals surface area (Å²) in [4.78, 5) is 7.19. The third-order valence-electron chi connectivity index (χ3n) is 4.02. The number of rotatable bonds is 9. The van der Waals surface area contributed by atoms with E-state index >= 15 is 0 Å². The number of methoxy groups -OCH3 is 2. The second-order valence-electron chi connectivity index (χ2n) is 5.96. The van der Waals surface area contributed by atoms with Crippen LogP contribution in [0.1, 0.15) is 35.3 Å². The number of ether oxygens (including phenoxy) is 2. The molecule has 0 aliphatic heterocycles. The number of benzene rings is 1. The molecule has 0 fully saturated rings. The van der Waals surface area contributed by atoms with Crippen LogP contribution in [0.15, 0.2) is 35.3 Å². The topological polar surface area (TPSA) is 75.1 Å². The van der Waals surface area contributed by atoms with Crippen molar-refractivity contribution in [2.75, 3.05) is 27.3 Å². The molecule has 0 saturated heterocycles. The molecular weight excluding hydrogens is 362 g/mol. The van der Waals surface area contributed by atoms with E-state index in [0.29, 0.717) is 30.5 Å². The van der Waals surface area contributed by atoms with E-state index in [1.807, 2.05) is 6.92 Å². The minimum atomic E-state index is -0.716. The predicted octanol–water partition coefficient (Wildman–Crippen LogP) is 3.12. The minimum Gasteiger partial charge on any atom is -0.497 e. The van der Waals surface area contributed by atoms with Crippen molar-refractivity contribution >= 4 is 17.3 Å². The van der Waals surface area contributed by atoms with Crippen LogP contribution in [0.3, 0.4) is 0 Å². The van der Waals surface area contributed by atoms with E-state index in [4.69, 9.17) is 9.47 Å². The fourth-order valence-corrected chi connectivity index (χ4v) is 3.41. The Bertz CT molecular complexity index is 724. The van der Waals surface area contributed by atoms with Crippen LogP contribution in [0, 0.1) is 0 Å². The molecule has 0 radical (unpaired) electrons. The van der Waals surface area contributed by atoms with E-state index in [1.165, 1.54) is 9.75 Å². The molecule has 1 heterocycles. The summed E-state index contributed by atoms with van der Waals surface area (Å²) in [5.74, 6) is 1.97. The van der Waals surface area contributed by atoms with Gasteiger partial charge in [-0.15, -0.1) is 11.3 Å². The maximum Gasteiger partial charge on any atom is 0.191 e. The SMILES string of the molecule is CCNC(=NCc1ccc(CC)s1)NCC(O)c1cc(OC)cc(OC)c1. The molecule has 2 aromatic rings. The fraction of sp³-hybridized carbons (Fsp3) is 0.450. The van der Waals surface area contributed by atoms with Gasteiger partial charge in [0, 0.05) is 28.9 Å².